The molecule has 0 atom stereocenters. The van der Waals surface area contributed by atoms with Crippen LogP contribution in [0.15, 0.2) is 182 Å². The van der Waals surface area contributed by atoms with Gasteiger partial charge in [0, 0.05) is 0 Å². The summed E-state index contributed by atoms with van der Waals surface area (Å²) in [5, 5.41) is 9.05. The standard InChI is InChI=1S/C48H30/c1-2-13-34-28-37(23-20-31(34)10-1)47-43-17-7-8-18-44(43)48(38-25-26-42-35(29-38)22-21-33-12-4-6-16-40(33)42)46-30-36(24-27-45(46)47)41-19-9-14-32-11-3-5-15-39(32)41/h1-30H/i7D,8D,17D,18D,24D,27D,30D. The molecule has 0 saturated carbocycles. The Labute approximate surface area is 289 Å². The Kier molecular flexibility index (Phi) is 4.62. The van der Waals surface area contributed by atoms with Crippen LogP contribution in [-0.2, 0) is 0 Å². The summed E-state index contributed by atoms with van der Waals surface area (Å²) >= 11 is 0. The first-order chi connectivity index (χ1) is 26.7. The Balaban J connectivity index is 1.46. The van der Waals surface area contributed by atoms with Crippen molar-refractivity contribution < 1.29 is 9.60 Å². The van der Waals surface area contributed by atoms with Gasteiger partial charge in [-0.25, -0.2) is 0 Å². The van der Waals surface area contributed by atoms with Crippen LogP contribution in [0.2, 0.25) is 0 Å². The lowest BCUT2D eigenvalue weighted by atomic mass is 9.83. The van der Waals surface area contributed by atoms with Crippen LogP contribution in [0.4, 0.5) is 0 Å². The first-order valence-corrected chi connectivity index (χ1v) is 16.1. The Morgan fingerprint density at radius 3 is 1.67 bits per heavy atom. The highest BCUT2D eigenvalue weighted by atomic mass is 14.2. The summed E-state index contributed by atoms with van der Waals surface area (Å²) in [6, 6.07) is 44.2. The maximum Gasteiger partial charge on any atom is 0.0636 e. The molecule has 0 amide bonds. The van der Waals surface area contributed by atoms with Gasteiger partial charge in [0.25, 0.3) is 0 Å². The highest BCUT2D eigenvalue weighted by Crippen LogP contribution is 2.46. The van der Waals surface area contributed by atoms with Crippen molar-refractivity contribution in [3.63, 3.8) is 0 Å². The molecule has 48 heavy (non-hydrogen) atoms. The highest BCUT2D eigenvalue weighted by Gasteiger charge is 2.19. The Morgan fingerprint density at radius 2 is 0.854 bits per heavy atom. The van der Waals surface area contributed by atoms with Crippen molar-refractivity contribution in [2.24, 2.45) is 0 Å². The number of fused-ring (bicyclic) bond motifs is 7. The third kappa shape index (κ3) is 4.16. The topological polar surface area (TPSA) is 0 Å². The molecular formula is C48H30. The van der Waals surface area contributed by atoms with Crippen LogP contribution >= 0.6 is 0 Å². The maximum absolute atomic E-state index is 10.1. The van der Waals surface area contributed by atoms with E-state index in [2.05, 4.69) is 18.2 Å². The summed E-state index contributed by atoms with van der Waals surface area (Å²) in [6.07, 6.45) is 0. The van der Waals surface area contributed by atoms with E-state index in [4.69, 9.17) is 2.74 Å². The van der Waals surface area contributed by atoms with E-state index in [1.807, 2.05) is 121 Å². The summed E-state index contributed by atoms with van der Waals surface area (Å²) in [5.74, 6) is 0. The lowest BCUT2D eigenvalue weighted by Crippen LogP contribution is -1.92. The molecule has 0 bridgehead atoms. The number of rotatable bonds is 3. The van der Waals surface area contributed by atoms with Gasteiger partial charge < -0.3 is 0 Å². The van der Waals surface area contributed by atoms with E-state index in [-0.39, 0.29) is 53.1 Å². The molecule has 10 aromatic carbocycles. The van der Waals surface area contributed by atoms with Gasteiger partial charge in [-0.15, -0.1) is 0 Å². The fourth-order valence-corrected chi connectivity index (χ4v) is 7.39. The molecule has 0 heteroatoms. The molecule has 10 rings (SSSR count). The van der Waals surface area contributed by atoms with Gasteiger partial charge in [0.2, 0.25) is 0 Å². The Hall–Kier alpha value is -6.24. The van der Waals surface area contributed by atoms with Crippen molar-refractivity contribution in [1.29, 1.82) is 0 Å². The predicted molar refractivity (Wildman–Crippen MR) is 208 cm³/mol. The first-order valence-electron chi connectivity index (χ1n) is 19.6. The molecule has 0 spiro atoms. The van der Waals surface area contributed by atoms with Gasteiger partial charge in [-0.1, -0.05) is 164 Å². The fraction of sp³-hybridized carbons (Fsp3) is 0. The average Bonchev–Trinajstić information content (AvgIpc) is 3.22. The zero-order chi connectivity index (χ0) is 37.7. The Bertz CT molecular complexity index is 3290. The van der Waals surface area contributed by atoms with Crippen LogP contribution in [0.5, 0.6) is 0 Å². The minimum Gasteiger partial charge on any atom is -0.0616 e. The van der Waals surface area contributed by atoms with Crippen LogP contribution in [0.25, 0.3) is 98.0 Å². The van der Waals surface area contributed by atoms with Gasteiger partial charge in [0.05, 0.1) is 9.60 Å². The quantitative estimate of drug-likeness (QED) is 0.137. The van der Waals surface area contributed by atoms with Crippen molar-refractivity contribution in [3.8, 4) is 33.4 Å². The normalized spacial score (nSPS) is 13.8. The van der Waals surface area contributed by atoms with Gasteiger partial charge in [-0.05, 0) is 116 Å². The molecule has 0 aromatic heterocycles. The molecule has 0 aliphatic rings. The lowest BCUT2D eigenvalue weighted by Gasteiger charge is -2.19. The third-order valence-electron chi connectivity index (χ3n) is 9.63. The van der Waals surface area contributed by atoms with Crippen molar-refractivity contribution >= 4 is 64.6 Å². The molecule has 0 fully saturated rings. The van der Waals surface area contributed by atoms with E-state index >= 15 is 0 Å². The van der Waals surface area contributed by atoms with Gasteiger partial charge in [-0.3, -0.25) is 0 Å². The minimum absolute atomic E-state index is 0.0253. The molecule has 0 saturated heterocycles. The van der Waals surface area contributed by atoms with E-state index in [0.29, 0.717) is 44.2 Å². The molecule has 0 heterocycles. The molecule has 0 radical (unpaired) electrons. The zero-order valence-electron chi connectivity index (χ0n) is 32.8. The van der Waals surface area contributed by atoms with Crippen molar-refractivity contribution in [3.05, 3.63) is 182 Å². The van der Waals surface area contributed by atoms with E-state index < -0.39 is 0 Å². The summed E-state index contributed by atoms with van der Waals surface area (Å²) in [5.41, 5.74) is 3.10. The van der Waals surface area contributed by atoms with Gasteiger partial charge in [0.15, 0.2) is 0 Å². The SMILES string of the molecule is [2H]c1c([2H])c([2H])c2c(-c3ccc4c(ccc5ccccc54)c3)c3c([2H])c(-c4cccc5ccccc45)c([2H])c([2H])c3c(-c3ccc4ccccc4c3)c2c1[2H]. The average molecular weight is 614 g/mol. The molecule has 0 aliphatic heterocycles. The van der Waals surface area contributed by atoms with Crippen LogP contribution in [0, 0.1) is 0 Å². The van der Waals surface area contributed by atoms with Crippen LogP contribution in [-0.4, -0.2) is 0 Å². The van der Waals surface area contributed by atoms with Crippen LogP contribution in [0.3, 0.4) is 0 Å². The van der Waals surface area contributed by atoms with E-state index in [9.17, 15) is 6.85 Å². The number of benzene rings is 10. The monoisotopic (exact) mass is 613 g/mol. The van der Waals surface area contributed by atoms with Crippen LogP contribution in [0.1, 0.15) is 9.60 Å². The maximum atomic E-state index is 10.1. The lowest BCUT2D eigenvalue weighted by molar-refractivity contribution is 1.66. The fourth-order valence-electron chi connectivity index (χ4n) is 7.39. The van der Waals surface area contributed by atoms with Crippen molar-refractivity contribution in [2.45, 2.75) is 0 Å². The number of hydrogen-bond acceptors (Lipinski definition) is 0. The molecule has 10 aromatic rings. The highest BCUT2D eigenvalue weighted by molar-refractivity contribution is 6.23. The zero-order valence-corrected chi connectivity index (χ0v) is 25.8. The smallest absolute Gasteiger partial charge is 0.0616 e. The second-order valence-electron chi connectivity index (χ2n) is 12.3. The Morgan fingerprint density at radius 1 is 0.312 bits per heavy atom. The van der Waals surface area contributed by atoms with E-state index in [0.717, 1.165) is 43.1 Å². The van der Waals surface area contributed by atoms with E-state index in [1.165, 1.54) is 0 Å². The van der Waals surface area contributed by atoms with Crippen molar-refractivity contribution in [2.75, 3.05) is 0 Å². The van der Waals surface area contributed by atoms with E-state index in [1.54, 1.807) is 0 Å². The summed E-state index contributed by atoms with van der Waals surface area (Å²) < 4.78 is 66.3. The van der Waals surface area contributed by atoms with Crippen molar-refractivity contribution in [1.82, 2.24) is 0 Å². The van der Waals surface area contributed by atoms with Gasteiger partial charge in [0.1, 0.15) is 0 Å². The van der Waals surface area contributed by atoms with Gasteiger partial charge in [-0.2, -0.15) is 0 Å². The molecule has 0 aliphatic carbocycles. The summed E-state index contributed by atoms with van der Waals surface area (Å²) in [4.78, 5) is 0. The predicted octanol–water partition coefficient (Wildman–Crippen LogP) is 13.6. The number of hydrogen-bond donors (Lipinski definition) is 0. The molecule has 0 N–H and O–H groups in total. The molecule has 0 nitrogen and oxygen atoms in total. The van der Waals surface area contributed by atoms with Crippen LogP contribution < -0.4 is 0 Å². The molecule has 0 unspecified atom stereocenters. The third-order valence-corrected chi connectivity index (χ3v) is 9.63. The first kappa shape index (κ1) is 20.8. The summed E-state index contributed by atoms with van der Waals surface area (Å²) in [6.45, 7) is 0. The molecule has 222 valence electrons. The molecular weight excluding hydrogens is 577 g/mol. The second kappa shape index (κ2) is 10.7. The summed E-state index contributed by atoms with van der Waals surface area (Å²) in [7, 11) is 0. The second-order valence-corrected chi connectivity index (χ2v) is 12.3. The minimum atomic E-state index is -0.383. The largest absolute Gasteiger partial charge is 0.0636 e. The van der Waals surface area contributed by atoms with Gasteiger partial charge >= 0.3 is 0 Å².